The molecule has 1 aliphatic rings. The van der Waals surface area contributed by atoms with Crippen LogP contribution in [0, 0.1) is 0 Å². The molecular weight excluding hydrogens is 268 g/mol. The van der Waals surface area contributed by atoms with Crippen molar-refractivity contribution in [1.82, 2.24) is 0 Å². The number of esters is 1. The van der Waals surface area contributed by atoms with E-state index in [4.69, 9.17) is 14.5 Å². The Bertz CT molecular complexity index is 463. The van der Waals surface area contributed by atoms with Gasteiger partial charge in [0.25, 0.3) is 0 Å². The maximum absolute atomic E-state index is 12.3. The van der Waals surface area contributed by atoms with Gasteiger partial charge in [0.15, 0.2) is 0 Å². The molecule has 4 nitrogen and oxygen atoms in total. The SMILES string of the molecule is CCCCCCC1(C(=O)OC(C)(C)c2ccccc2)OO1. The van der Waals surface area contributed by atoms with Crippen LogP contribution in [-0.4, -0.2) is 11.8 Å². The van der Waals surface area contributed by atoms with Crippen LogP contribution >= 0.6 is 0 Å². The zero-order chi connectivity index (χ0) is 15.3. The van der Waals surface area contributed by atoms with Crippen LogP contribution < -0.4 is 0 Å². The summed E-state index contributed by atoms with van der Waals surface area (Å²) in [4.78, 5) is 22.2. The first-order valence-electron chi connectivity index (χ1n) is 7.66. The molecule has 1 aromatic rings. The van der Waals surface area contributed by atoms with Crippen molar-refractivity contribution < 1.29 is 19.3 Å². The van der Waals surface area contributed by atoms with Crippen LogP contribution in [0.1, 0.15) is 58.4 Å². The Morgan fingerprint density at radius 3 is 2.38 bits per heavy atom. The van der Waals surface area contributed by atoms with Crippen LogP contribution in [-0.2, 0) is 24.9 Å². The van der Waals surface area contributed by atoms with Gasteiger partial charge in [-0.25, -0.2) is 4.79 Å². The van der Waals surface area contributed by atoms with Crippen molar-refractivity contribution in [2.45, 2.75) is 64.3 Å². The molecule has 1 aromatic carbocycles. The van der Waals surface area contributed by atoms with Crippen LogP contribution in [0.4, 0.5) is 0 Å². The summed E-state index contributed by atoms with van der Waals surface area (Å²) in [5.74, 6) is -1.60. The first-order chi connectivity index (χ1) is 10.0. The summed E-state index contributed by atoms with van der Waals surface area (Å²) in [5, 5.41) is 0. The van der Waals surface area contributed by atoms with Gasteiger partial charge in [0.2, 0.25) is 0 Å². The Hall–Kier alpha value is -1.39. The van der Waals surface area contributed by atoms with Gasteiger partial charge in [-0.1, -0.05) is 56.5 Å². The second-order valence-electron chi connectivity index (χ2n) is 6.00. The molecule has 0 N–H and O–H groups in total. The minimum absolute atomic E-state index is 0.437. The number of unbranched alkanes of at least 4 members (excludes halogenated alkanes) is 3. The molecule has 1 heterocycles. The Balaban J connectivity index is 1.91. The maximum atomic E-state index is 12.3. The van der Waals surface area contributed by atoms with E-state index in [1.807, 2.05) is 44.2 Å². The van der Waals surface area contributed by atoms with E-state index in [1.54, 1.807) is 0 Å². The van der Waals surface area contributed by atoms with Crippen LogP contribution in [0.25, 0.3) is 0 Å². The number of hydrogen-bond donors (Lipinski definition) is 0. The molecule has 21 heavy (non-hydrogen) atoms. The van der Waals surface area contributed by atoms with Gasteiger partial charge in [0.1, 0.15) is 5.60 Å². The van der Waals surface area contributed by atoms with E-state index in [-0.39, 0.29) is 0 Å². The van der Waals surface area contributed by atoms with E-state index >= 15 is 0 Å². The number of carbonyl (C=O) groups is 1. The van der Waals surface area contributed by atoms with E-state index in [0.717, 1.165) is 31.2 Å². The number of rotatable bonds is 8. The Morgan fingerprint density at radius 2 is 1.81 bits per heavy atom. The molecule has 0 radical (unpaired) electrons. The van der Waals surface area contributed by atoms with Crippen LogP contribution in [0.5, 0.6) is 0 Å². The molecule has 4 heteroatoms. The second kappa shape index (κ2) is 6.58. The fourth-order valence-corrected chi connectivity index (χ4v) is 2.30. The van der Waals surface area contributed by atoms with E-state index in [2.05, 4.69) is 6.92 Å². The van der Waals surface area contributed by atoms with E-state index < -0.39 is 17.4 Å². The first-order valence-corrected chi connectivity index (χ1v) is 7.66. The van der Waals surface area contributed by atoms with Crippen molar-refractivity contribution in [3.63, 3.8) is 0 Å². The van der Waals surface area contributed by atoms with Crippen LogP contribution in [0.15, 0.2) is 30.3 Å². The summed E-state index contributed by atoms with van der Waals surface area (Å²) in [7, 11) is 0. The Labute approximate surface area is 126 Å². The second-order valence-corrected chi connectivity index (χ2v) is 6.00. The monoisotopic (exact) mass is 292 g/mol. The molecule has 0 spiro atoms. The van der Waals surface area contributed by atoms with Gasteiger partial charge in [-0.3, -0.25) is 0 Å². The molecule has 2 rings (SSSR count). The molecule has 0 unspecified atom stereocenters. The summed E-state index contributed by atoms with van der Waals surface area (Å²) >= 11 is 0. The van der Waals surface area contributed by atoms with Crippen molar-refractivity contribution in [3.05, 3.63) is 35.9 Å². The number of carbonyl (C=O) groups excluding carboxylic acids is 1. The molecule has 0 bridgehead atoms. The molecule has 1 saturated heterocycles. The van der Waals surface area contributed by atoms with Gasteiger partial charge in [0, 0.05) is 6.42 Å². The fourth-order valence-electron chi connectivity index (χ4n) is 2.30. The van der Waals surface area contributed by atoms with Crippen molar-refractivity contribution in [1.29, 1.82) is 0 Å². The lowest BCUT2D eigenvalue weighted by Crippen LogP contribution is -2.34. The summed E-state index contributed by atoms with van der Waals surface area (Å²) in [6, 6.07) is 9.67. The van der Waals surface area contributed by atoms with E-state index in [0.29, 0.717) is 6.42 Å². The van der Waals surface area contributed by atoms with Gasteiger partial charge < -0.3 is 4.74 Å². The average Bonchev–Trinajstić information content (AvgIpc) is 3.25. The highest BCUT2D eigenvalue weighted by atomic mass is 17.4. The lowest BCUT2D eigenvalue weighted by Gasteiger charge is -2.26. The smallest absolute Gasteiger partial charge is 0.373 e. The normalized spacial score (nSPS) is 16.5. The summed E-state index contributed by atoms with van der Waals surface area (Å²) < 4.78 is 5.62. The van der Waals surface area contributed by atoms with Gasteiger partial charge in [-0.15, -0.1) is 0 Å². The van der Waals surface area contributed by atoms with Gasteiger partial charge in [0.05, 0.1) is 0 Å². The van der Waals surface area contributed by atoms with Crippen molar-refractivity contribution in [2.24, 2.45) is 0 Å². The predicted octanol–water partition coefficient (Wildman–Crippen LogP) is 4.09. The van der Waals surface area contributed by atoms with Crippen molar-refractivity contribution in [2.75, 3.05) is 0 Å². The molecule has 0 amide bonds. The van der Waals surface area contributed by atoms with E-state index in [1.165, 1.54) is 0 Å². The molecule has 1 fully saturated rings. The fraction of sp³-hybridized carbons (Fsp3) is 0.588. The molecule has 0 aromatic heterocycles. The topological polar surface area (TPSA) is 51.4 Å². The summed E-state index contributed by atoms with van der Waals surface area (Å²) in [5.41, 5.74) is 0.240. The zero-order valence-electron chi connectivity index (χ0n) is 13.1. The standard InChI is InChI=1S/C17H24O4/c1-4-5-6-10-13-17(20-21-17)15(18)19-16(2,3)14-11-8-7-9-12-14/h7-9,11-12H,4-6,10,13H2,1-3H3. The molecule has 0 aliphatic carbocycles. The highest BCUT2D eigenvalue weighted by Gasteiger charge is 2.58. The molecule has 1 aliphatic heterocycles. The van der Waals surface area contributed by atoms with Gasteiger partial charge >= 0.3 is 11.8 Å². The van der Waals surface area contributed by atoms with Crippen LogP contribution in [0.3, 0.4) is 0 Å². The number of hydrogen-bond acceptors (Lipinski definition) is 4. The highest BCUT2D eigenvalue weighted by Crippen LogP contribution is 2.39. The van der Waals surface area contributed by atoms with E-state index in [9.17, 15) is 4.79 Å². The Kier molecular flexibility index (Phi) is 5.01. The minimum atomic E-state index is -1.17. The van der Waals surface area contributed by atoms with Gasteiger partial charge in [-0.05, 0) is 25.8 Å². The van der Waals surface area contributed by atoms with Crippen molar-refractivity contribution in [3.8, 4) is 0 Å². The molecule has 116 valence electrons. The first kappa shape index (κ1) is 16.0. The Morgan fingerprint density at radius 1 is 1.14 bits per heavy atom. The highest BCUT2D eigenvalue weighted by molar-refractivity contribution is 5.79. The van der Waals surface area contributed by atoms with Gasteiger partial charge in [-0.2, -0.15) is 9.78 Å². The number of ether oxygens (including phenoxy) is 1. The lowest BCUT2D eigenvalue weighted by molar-refractivity contribution is -0.165. The summed E-state index contributed by atoms with van der Waals surface area (Å²) in [6.07, 6.45) is 4.83. The minimum Gasteiger partial charge on any atom is -0.451 e. The third-order valence-electron chi connectivity index (χ3n) is 3.77. The van der Waals surface area contributed by atoms with Crippen molar-refractivity contribution >= 4 is 5.97 Å². The largest absolute Gasteiger partial charge is 0.451 e. The maximum Gasteiger partial charge on any atom is 0.373 e. The third kappa shape index (κ3) is 4.05. The molecular formula is C17H24O4. The van der Waals surface area contributed by atoms with Crippen LogP contribution in [0.2, 0.25) is 0 Å². The lowest BCUT2D eigenvalue weighted by atomic mass is 9.98. The molecule has 0 atom stereocenters. The molecule has 0 saturated carbocycles. The quantitative estimate of drug-likeness (QED) is 0.313. The number of benzene rings is 1. The average molecular weight is 292 g/mol. The predicted molar refractivity (Wildman–Crippen MR) is 79.2 cm³/mol. The third-order valence-corrected chi connectivity index (χ3v) is 3.77. The zero-order valence-corrected chi connectivity index (χ0v) is 13.1. The summed E-state index contributed by atoms with van der Waals surface area (Å²) in [6.45, 7) is 5.89.